The van der Waals surface area contributed by atoms with E-state index in [2.05, 4.69) is 62.0 Å². The molecule has 7 heteroatoms. The standard InChI is InChI=1S/C23H29N5O2/c1-4-24-22(27-14-17-6-8-19(9-7-17)28-23(29)30-3)25-12-11-18-15-26-21-13-16(2)5-10-20(18)21/h5-10,13,15,26H,4,11-12,14H2,1-3H3,(H,28,29)(H2,24,25,27). The Labute approximate surface area is 176 Å². The van der Waals surface area contributed by atoms with Crippen molar-refractivity contribution in [1.82, 2.24) is 15.6 Å². The Hall–Kier alpha value is -3.48. The van der Waals surface area contributed by atoms with E-state index >= 15 is 0 Å². The number of nitrogens with zero attached hydrogens (tertiary/aromatic N) is 1. The number of nitrogens with one attached hydrogen (secondary N) is 4. The summed E-state index contributed by atoms with van der Waals surface area (Å²) < 4.78 is 4.59. The van der Waals surface area contributed by atoms with Gasteiger partial charge in [0.15, 0.2) is 5.96 Å². The first-order chi connectivity index (χ1) is 14.6. The van der Waals surface area contributed by atoms with Gasteiger partial charge in [0.25, 0.3) is 0 Å². The molecule has 3 rings (SSSR count). The number of fused-ring (bicyclic) bond motifs is 1. The predicted octanol–water partition coefficient (Wildman–Crippen LogP) is 3.95. The van der Waals surface area contributed by atoms with Crippen LogP contribution in [0.1, 0.15) is 23.6 Å². The van der Waals surface area contributed by atoms with E-state index in [1.807, 2.05) is 31.2 Å². The first-order valence-electron chi connectivity index (χ1n) is 10.1. The Balaban J connectivity index is 1.55. The van der Waals surface area contributed by atoms with E-state index in [-0.39, 0.29) is 0 Å². The van der Waals surface area contributed by atoms with Gasteiger partial charge in [0.1, 0.15) is 0 Å². The third-order valence-corrected chi connectivity index (χ3v) is 4.76. The van der Waals surface area contributed by atoms with Gasteiger partial charge >= 0.3 is 6.09 Å². The van der Waals surface area contributed by atoms with Gasteiger partial charge in [-0.3, -0.25) is 5.32 Å². The van der Waals surface area contributed by atoms with Crippen LogP contribution in [0.25, 0.3) is 10.9 Å². The van der Waals surface area contributed by atoms with E-state index in [4.69, 9.17) is 0 Å². The molecule has 0 aliphatic carbocycles. The number of ether oxygens (including phenoxy) is 1. The molecule has 0 radical (unpaired) electrons. The number of methoxy groups -OCH3 is 1. The molecule has 1 heterocycles. The lowest BCUT2D eigenvalue weighted by molar-refractivity contribution is 0.187. The smallest absolute Gasteiger partial charge is 0.411 e. The predicted molar refractivity (Wildman–Crippen MR) is 122 cm³/mol. The number of amides is 1. The summed E-state index contributed by atoms with van der Waals surface area (Å²) in [6, 6.07) is 14.0. The molecule has 3 aromatic rings. The summed E-state index contributed by atoms with van der Waals surface area (Å²) in [6.07, 6.45) is 2.51. The molecule has 1 aromatic heterocycles. The summed E-state index contributed by atoms with van der Waals surface area (Å²) in [5, 5.41) is 10.6. The Bertz CT molecular complexity index is 1010. The van der Waals surface area contributed by atoms with Crippen molar-refractivity contribution in [2.45, 2.75) is 26.8 Å². The minimum Gasteiger partial charge on any atom is -0.453 e. The van der Waals surface area contributed by atoms with E-state index in [1.54, 1.807) is 0 Å². The number of guanidine groups is 1. The van der Waals surface area contributed by atoms with Crippen LogP contribution in [0.4, 0.5) is 10.5 Å². The Morgan fingerprint density at radius 2 is 1.93 bits per heavy atom. The highest BCUT2D eigenvalue weighted by Gasteiger charge is 2.05. The van der Waals surface area contributed by atoms with Crippen molar-refractivity contribution in [2.75, 3.05) is 25.5 Å². The molecule has 0 aliphatic heterocycles. The van der Waals surface area contributed by atoms with Crippen molar-refractivity contribution in [3.8, 4) is 0 Å². The number of hydrogen-bond acceptors (Lipinski definition) is 3. The van der Waals surface area contributed by atoms with E-state index in [1.165, 1.54) is 29.1 Å². The number of aromatic amines is 1. The maximum Gasteiger partial charge on any atom is 0.411 e. The normalized spacial score (nSPS) is 11.4. The number of H-pyrrole nitrogens is 1. The second-order valence-electron chi connectivity index (χ2n) is 7.05. The Morgan fingerprint density at radius 1 is 1.13 bits per heavy atom. The van der Waals surface area contributed by atoms with Gasteiger partial charge in [0.05, 0.1) is 13.7 Å². The molecule has 0 fully saturated rings. The van der Waals surface area contributed by atoms with Crippen LogP contribution < -0.4 is 16.0 Å². The molecule has 7 nitrogen and oxygen atoms in total. The number of carbonyl (C=O) groups excluding carboxylic acids is 1. The van der Waals surface area contributed by atoms with Gasteiger partial charge in [0, 0.05) is 35.9 Å². The van der Waals surface area contributed by atoms with Crippen LogP contribution in [0.2, 0.25) is 0 Å². The molecule has 0 spiro atoms. The first kappa shape index (κ1) is 21.2. The van der Waals surface area contributed by atoms with E-state index in [9.17, 15) is 4.79 Å². The fraction of sp³-hybridized carbons (Fsp3) is 0.304. The lowest BCUT2D eigenvalue weighted by atomic mass is 10.1. The van der Waals surface area contributed by atoms with Crippen LogP contribution in [0, 0.1) is 6.92 Å². The summed E-state index contributed by atoms with van der Waals surface area (Å²) in [4.78, 5) is 19.3. The van der Waals surface area contributed by atoms with Crippen LogP contribution in [-0.4, -0.2) is 37.2 Å². The molecule has 0 aliphatic rings. The number of aromatic nitrogens is 1. The maximum atomic E-state index is 11.3. The van der Waals surface area contributed by atoms with Crippen molar-refractivity contribution in [1.29, 1.82) is 0 Å². The third-order valence-electron chi connectivity index (χ3n) is 4.76. The number of hydrogen-bond donors (Lipinski definition) is 4. The highest BCUT2D eigenvalue weighted by Crippen LogP contribution is 2.19. The highest BCUT2D eigenvalue weighted by atomic mass is 16.5. The molecule has 4 N–H and O–H groups in total. The number of rotatable bonds is 7. The quantitative estimate of drug-likeness (QED) is 0.353. The fourth-order valence-electron chi connectivity index (χ4n) is 3.20. The molecule has 0 bridgehead atoms. The van der Waals surface area contributed by atoms with Crippen molar-refractivity contribution in [2.24, 2.45) is 4.99 Å². The topological polar surface area (TPSA) is 90.5 Å². The van der Waals surface area contributed by atoms with Crippen molar-refractivity contribution >= 4 is 28.6 Å². The molecule has 0 atom stereocenters. The largest absolute Gasteiger partial charge is 0.453 e. The maximum absolute atomic E-state index is 11.3. The van der Waals surface area contributed by atoms with Crippen molar-refractivity contribution in [3.05, 3.63) is 65.4 Å². The monoisotopic (exact) mass is 407 g/mol. The van der Waals surface area contributed by atoms with Crippen molar-refractivity contribution in [3.63, 3.8) is 0 Å². The van der Waals surface area contributed by atoms with Gasteiger partial charge in [-0.2, -0.15) is 0 Å². The minimum absolute atomic E-state index is 0.482. The lowest BCUT2D eigenvalue weighted by Crippen LogP contribution is -2.38. The second kappa shape index (κ2) is 10.3. The molecule has 0 saturated carbocycles. The van der Waals surface area contributed by atoms with Gasteiger partial charge in [-0.05, 0) is 55.2 Å². The van der Waals surface area contributed by atoms with Gasteiger partial charge in [-0.1, -0.05) is 24.3 Å². The average molecular weight is 408 g/mol. The summed E-state index contributed by atoms with van der Waals surface area (Å²) in [5.74, 6) is 0.782. The minimum atomic E-state index is -0.482. The summed E-state index contributed by atoms with van der Waals surface area (Å²) in [6.45, 7) is 6.27. The van der Waals surface area contributed by atoms with Crippen LogP contribution in [-0.2, 0) is 17.7 Å². The van der Waals surface area contributed by atoms with Gasteiger partial charge < -0.3 is 20.4 Å². The van der Waals surface area contributed by atoms with Crippen LogP contribution >= 0.6 is 0 Å². The number of carbonyl (C=O) groups is 1. The molecule has 1 amide bonds. The van der Waals surface area contributed by atoms with Crippen LogP contribution in [0.15, 0.2) is 53.7 Å². The average Bonchev–Trinajstić information content (AvgIpc) is 3.14. The number of aryl methyl sites for hydroxylation is 1. The van der Waals surface area contributed by atoms with Crippen LogP contribution in [0.3, 0.4) is 0 Å². The molecule has 2 aromatic carbocycles. The first-order valence-corrected chi connectivity index (χ1v) is 10.1. The molecular formula is C23H29N5O2. The lowest BCUT2D eigenvalue weighted by Gasteiger charge is -2.11. The number of anilines is 1. The zero-order valence-electron chi connectivity index (χ0n) is 17.7. The number of benzene rings is 2. The zero-order valence-corrected chi connectivity index (χ0v) is 17.7. The van der Waals surface area contributed by atoms with E-state index in [0.717, 1.165) is 31.0 Å². The Morgan fingerprint density at radius 3 is 2.67 bits per heavy atom. The van der Waals surface area contributed by atoms with Gasteiger partial charge in [-0.15, -0.1) is 0 Å². The zero-order chi connectivity index (χ0) is 21.3. The summed E-state index contributed by atoms with van der Waals surface area (Å²) in [5.41, 5.74) is 5.46. The van der Waals surface area contributed by atoms with E-state index in [0.29, 0.717) is 12.2 Å². The molecule has 0 saturated heterocycles. The fourth-order valence-corrected chi connectivity index (χ4v) is 3.20. The van der Waals surface area contributed by atoms with Gasteiger partial charge in [-0.25, -0.2) is 9.79 Å². The SMILES string of the molecule is CCNC(=NCc1ccc(NC(=O)OC)cc1)NCCc1c[nH]c2cc(C)ccc12. The summed E-state index contributed by atoms with van der Waals surface area (Å²) in [7, 11) is 1.34. The van der Waals surface area contributed by atoms with Crippen molar-refractivity contribution < 1.29 is 9.53 Å². The highest BCUT2D eigenvalue weighted by molar-refractivity contribution is 5.85. The van der Waals surface area contributed by atoms with E-state index < -0.39 is 6.09 Å². The Kier molecular flexibility index (Phi) is 7.32. The number of aliphatic imine (C=N–C) groups is 1. The molecular weight excluding hydrogens is 378 g/mol. The molecule has 0 unspecified atom stereocenters. The molecule has 30 heavy (non-hydrogen) atoms. The summed E-state index contributed by atoms with van der Waals surface area (Å²) >= 11 is 0. The van der Waals surface area contributed by atoms with Gasteiger partial charge in [0.2, 0.25) is 0 Å². The molecule has 158 valence electrons. The van der Waals surface area contributed by atoms with Crippen LogP contribution in [0.5, 0.6) is 0 Å². The second-order valence-corrected chi connectivity index (χ2v) is 7.05. The third kappa shape index (κ3) is 5.76.